The molecule has 0 fully saturated rings. The van der Waals surface area contributed by atoms with Crippen LogP contribution in [-0.4, -0.2) is 42.0 Å². The first kappa shape index (κ1) is 19.2. The van der Waals surface area contributed by atoms with Gasteiger partial charge in [-0.3, -0.25) is 0 Å². The minimum atomic E-state index is -0.563. The second-order valence-corrected chi connectivity index (χ2v) is 6.66. The monoisotopic (exact) mass is 288 g/mol. The van der Waals surface area contributed by atoms with Crippen molar-refractivity contribution in [3.05, 3.63) is 0 Å². The average molecular weight is 288 g/mol. The number of alkyl carbamates (subject to hydrolysis) is 1. The van der Waals surface area contributed by atoms with E-state index in [0.29, 0.717) is 18.9 Å². The van der Waals surface area contributed by atoms with E-state index in [9.17, 15) is 9.90 Å². The standard InChI is InChI=1S/C15H32N2O3/c1-7-8-13(18)12(10-16-9-11(2)3)17-14(19)20-15(4,5)6/h11-13,16,18H,7-10H2,1-6H3,(H,17,19)/t12-,13-/m0/s1. The summed E-state index contributed by atoms with van der Waals surface area (Å²) in [5.41, 5.74) is -0.532. The van der Waals surface area contributed by atoms with E-state index in [0.717, 1.165) is 13.0 Å². The van der Waals surface area contributed by atoms with Gasteiger partial charge in [0.25, 0.3) is 0 Å². The van der Waals surface area contributed by atoms with Crippen LogP contribution in [0.15, 0.2) is 0 Å². The van der Waals surface area contributed by atoms with Gasteiger partial charge in [-0.25, -0.2) is 4.79 Å². The SMILES string of the molecule is CCC[C@H](O)[C@H](CNCC(C)C)NC(=O)OC(C)(C)C. The Bertz CT molecular complexity index is 275. The number of carbonyl (C=O) groups is 1. The highest BCUT2D eigenvalue weighted by molar-refractivity contribution is 5.68. The fourth-order valence-corrected chi connectivity index (χ4v) is 1.77. The molecule has 0 aromatic heterocycles. The summed E-state index contributed by atoms with van der Waals surface area (Å²) in [7, 11) is 0. The van der Waals surface area contributed by atoms with E-state index < -0.39 is 17.8 Å². The maximum Gasteiger partial charge on any atom is 0.408 e. The van der Waals surface area contributed by atoms with Gasteiger partial charge in [0.2, 0.25) is 0 Å². The number of ether oxygens (including phenoxy) is 1. The van der Waals surface area contributed by atoms with Gasteiger partial charge in [-0.15, -0.1) is 0 Å². The molecule has 0 aromatic carbocycles. The highest BCUT2D eigenvalue weighted by Gasteiger charge is 2.23. The van der Waals surface area contributed by atoms with Crippen LogP contribution in [0.25, 0.3) is 0 Å². The molecule has 0 aliphatic carbocycles. The summed E-state index contributed by atoms with van der Waals surface area (Å²) >= 11 is 0. The van der Waals surface area contributed by atoms with Gasteiger partial charge in [0.05, 0.1) is 12.1 Å². The summed E-state index contributed by atoms with van der Waals surface area (Å²) in [6.45, 7) is 13.1. The van der Waals surface area contributed by atoms with Crippen LogP contribution in [0, 0.1) is 5.92 Å². The average Bonchev–Trinajstić information content (AvgIpc) is 2.24. The molecule has 20 heavy (non-hydrogen) atoms. The van der Waals surface area contributed by atoms with Crippen LogP contribution in [0.1, 0.15) is 54.4 Å². The molecule has 0 spiro atoms. The summed E-state index contributed by atoms with van der Waals surface area (Å²) in [5, 5.41) is 16.1. The molecule has 5 heteroatoms. The summed E-state index contributed by atoms with van der Waals surface area (Å²) < 4.78 is 5.23. The van der Waals surface area contributed by atoms with Crippen LogP contribution in [0.4, 0.5) is 4.79 Å². The van der Waals surface area contributed by atoms with Gasteiger partial charge >= 0.3 is 6.09 Å². The Morgan fingerprint density at radius 1 is 1.25 bits per heavy atom. The lowest BCUT2D eigenvalue weighted by atomic mass is 10.1. The third-order valence-electron chi connectivity index (χ3n) is 2.67. The van der Waals surface area contributed by atoms with Gasteiger partial charge in [0.1, 0.15) is 5.60 Å². The van der Waals surface area contributed by atoms with E-state index in [1.54, 1.807) is 0 Å². The summed E-state index contributed by atoms with van der Waals surface area (Å²) in [6.07, 6.45) is 0.484. The lowest BCUT2D eigenvalue weighted by molar-refractivity contribution is 0.0412. The van der Waals surface area contributed by atoms with Crippen LogP contribution in [0.5, 0.6) is 0 Å². The number of rotatable bonds is 8. The molecule has 5 nitrogen and oxygen atoms in total. The van der Waals surface area contributed by atoms with Gasteiger partial charge in [0.15, 0.2) is 0 Å². The first-order chi connectivity index (χ1) is 9.15. The molecule has 0 aliphatic rings. The van der Waals surface area contributed by atoms with Crippen molar-refractivity contribution in [1.29, 1.82) is 0 Å². The molecule has 0 aromatic rings. The Balaban J connectivity index is 4.40. The van der Waals surface area contributed by atoms with Crippen molar-refractivity contribution >= 4 is 6.09 Å². The van der Waals surface area contributed by atoms with Crippen molar-refractivity contribution < 1.29 is 14.6 Å². The number of hydrogen-bond acceptors (Lipinski definition) is 4. The number of nitrogens with one attached hydrogen (secondary N) is 2. The summed E-state index contributed by atoms with van der Waals surface area (Å²) in [4.78, 5) is 11.8. The molecule has 0 radical (unpaired) electrons. The molecule has 1 amide bonds. The van der Waals surface area contributed by atoms with Crippen LogP contribution in [0.2, 0.25) is 0 Å². The fraction of sp³-hybridized carbons (Fsp3) is 0.933. The number of carbonyl (C=O) groups excluding carboxylic acids is 1. The third kappa shape index (κ3) is 10.0. The van der Waals surface area contributed by atoms with E-state index >= 15 is 0 Å². The number of amides is 1. The lowest BCUT2D eigenvalue weighted by Gasteiger charge is -2.27. The van der Waals surface area contributed by atoms with Gasteiger partial charge in [-0.05, 0) is 39.7 Å². The Morgan fingerprint density at radius 2 is 1.85 bits per heavy atom. The van der Waals surface area contributed by atoms with Crippen LogP contribution in [-0.2, 0) is 4.74 Å². The number of hydrogen-bond donors (Lipinski definition) is 3. The van der Waals surface area contributed by atoms with Gasteiger partial charge in [0, 0.05) is 6.54 Å². The van der Waals surface area contributed by atoms with Gasteiger partial charge in [-0.1, -0.05) is 27.2 Å². The first-order valence-electron chi connectivity index (χ1n) is 7.54. The molecule has 0 bridgehead atoms. The Labute approximate surface area is 123 Å². The van der Waals surface area contributed by atoms with Crippen LogP contribution >= 0.6 is 0 Å². The lowest BCUT2D eigenvalue weighted by Crippen LogP contribution is -2.51. The van der Waals surface area contributed by atoms with Gasteiger partial charge in [-0.2, -0.15) is 0 Å². The van der Waals surface area contributed by atoms with Crippen molar-refractivity contribution in [3.63, 3.8) is 0 Å². The molecular weight excluding hydrogens is 256 g/mol. The van der Waals surface area contributed by atoms with E-state index in [1.807, 2.05) is 27.7 Å². The van der Waals surface area contributed by atoms with Crippen LogP contribution < -0.4 is 10.6 Å². The van der Waals surface area contributed by atoms with E-state index in [2.05, 4.69) is 24.5 Å². The molecule has 0 rings (SSSR count). The normalized spacial score (nSPS) is 15.0. The minimum absolute atomic E-state index is 0.330. The largest absolute Gasteiger partial charge is 0.444 e. The third-order valence-corrected chi connectivity index (χ3v) is 2.67. The van der Waals surface area contributed by atoms with Crippen molar-refractivity contribution in [1.82, 2.24) is 10.6 Å². The maximum absolute atomic E-state index is 11.8. The Hall–Kier alpha value is -0.810. The molecule has 0 saturated heterocycles. The maximum atomic E-state index is 11.8. The number of aliphatic hydroxyl groups is 1. The molecule has 120 valence electrons. The Kier molecular flexibility index (Phi) is 8.81. The second kappa shape index (κ2) is 9.19. The molecule has 2 atom stereocenters. The Morgan fingerprint density at radius 3 is 2.30 bits per heavy atom. The molecule has 0 saturated carbocycles. The first-order valence-corrected chi connectivity index (χ1v) is 7.54. The molecule has 0 heterocycles. The minimum Gasteiger partial charge on any atom is -0.444 e. The molecule has 3 N–H and O–H groups in total. The zero-order valence-electron chi connectivity index (χ0n) is 13.8. The van der Waals surface area contributed by atoms with Crippen molar-refractivity contribution in [3.8, 4) is 0 Å². The van der Waals surface area contributed by atoms with Crippen molar-refractivity contribution in [2.24, 2.45) is 5.92 Å². The smallest absolute Gasteiger partial charge is 0.408 e. The zero-order valence-corrected chi connectivity index (χ0v) is 13.8. The fourth-order valence-electron chi connectivity index (χ4n) is 1.77. The summed E-state index contributed by atoms with van der Waals surface area (Å²) in [5.74, 6) is 0.528. The van der Waals surface area contributed by atoms with Crippen LogP contribution in [0.3, 0.4) is 0 Å². The predicted molar refractivity (Wildman–Crippen MR) is 81.8 cm³/mol. The highest BCUT2D eigenvalue weighted by Crippen LogP contribution is 2.08. The topological polar surface area (TPSA) is 70.6 Å². The molecular formula is C15H32N2O3. The summed E-state index contributed by atoms with van der Waals surface area (Å²) in [6, 6.07) is -0.330. The van der Waals surface area contributed by atoms with E-state index in [1.165, 1.54) is 0 Å². The predicted octanol–water partition coefficient (Wildman–Crippen LogP) is 2.29. The van der Waals surface area contributed by atoms with E-state index in [-0.39, 0.29) is 6.04 Å². The quantitative estimate of drug-likeness (QED) is 0.641. The highest BCUT2D eigenvalue weighted by atomic mass is 16.6. The van der Waals surface area contributed by atoms with Crippen molar-refractivity contribution in [2.75, 3.05) is 13.1 Å². The van der Waals surface area contributed by atoms with E-state index in [4.69, 9.17) is 4.74 Å². The second-order valence-electron chi connectivity index (χ2n) is 6.66. The molecule has 0 aliphatic heterocycles. The van der Waals surface area contributed by atoms with Crippen molar-refractivity contribution in [2.45, 2.75) is 72.1 Å². The molecule has 0 unspecified atom stereocenters. The van der Waals surface area contributed by atoms with Gasteiger partial charge < -0.3 is 20.5 Å². The zero-order chi connectivity index (χ0) is 15.8. The number of aliphatic hydroxyl groups excluding tert-OH is 1.